The van der Waals surface area contributed by atoms with Gasteiger partial charge in [0.25, 0.3) is 10.0 Å². The van der Waals surface area contributed by atoms with Crippen LogP contribution in [0.2, 0.25) is 5.15 Å². The van der Waals surface area contributed by atoms with Crippen molar-refractivity contribution in [2.45, 2.75) is 18.9 Å². The highest BCUT2D eigenvalue weighted by Gasteiger charge is 2.24. The number of anilines is 1. The maximum atomic E-state index is 12.1. The van der Waals surface area contributed by atoms with E-state index >= 15 is 0 Å². The number of sulfonamides is 1. The maximum absolute atomic E-state index is 12.1. The predicted octanol–water partition coefficient (Wildman–Crippen LogP) is 1.84. The minimum Gasteiger partial charge on any atom is -0.324 e. The maximum Gasteiger partial charge on any atom is 0.284 e. The Morgan fingerprint density at radius 3 is 2.60 bits per heavy atom. The van der Waals surface area contributed by atoms with Crippen molar-refractivity contribution in [3.63, 3.8) is 0 Å². The molecule has 0 saturated carbocycles. The summed E-state index contributed by atoms with van der Waals surface area (Å²) in [6, 6.07) is 0. The van der Waals surface area contributed by atoms with Crippen LogP contribution in [0.5, 0.6) is 0 Å². The minimum atomic E-state index is -3.93. The SMILES string of the molecule is CC(=O)c1nc(NS(=O)(=O)c2ncn(C)c2Cl)sc1C. The van der Waals surface area contributed by atoms with Gasteiger partial charge in [0.15, 0.2) is 10.9 Å². The molecule has 108 valence electrons. The zero-order valence-electron chi connectivity index (χ0n) is 10.8. The Morgan fingerprint density at radius 1 is 1.50 bits per heavy atom. The molecule has 0 bridgehead atoms. The first-order valence-corrected chi connectivity index (χ1v) is 8.08. The lowest BCUT2D eigenvalue weighted by molar-refractivity contribution is 0.101. The molecule has 0 atom stereocenters. The molecule has 0 radical (unpaired) electrons. The second-order valence-corrected chi connectivity index (χ2v) is 7.20. The normalized spacial score (nSPS) is 11.6. The summed E-state index contributed by atoms with van der Waals surface area (Å²) in [4.78, 5) is 19.6. The fourth-order valence-electron chi connectivity index (χ4n) is 1.50. The molecular formula is C10H11ClN4O3S2. The van der Waals surface area contributed by atoms with Crippen molar-refractivity contribution < 1.29 is 13.2 Å². The fraction of sp³-hybridized carbons (Fsp3) is 0.300. The molecule has 0 aliphatic rings. The van der Waals surface area contributed by atoms with Gasteiger partial charge in [-0.3, -0.25) is 9.52 Å². The molecule has 2 rings (SSSR count). The highest BCUT2D eigenvalue weighted by molar-refractivity contribution is 7.93. The van der Waals surface area contributed by atoms with E-state index < -0.39 is 10.0 Å². The Labute approximate surface area is 124 Å². The first-order valence-electron chi connectivity index (χ1n) is 5.40. The van der Waals surface area contributed by atoms with Crippen LogP contribution in [0, 0.1) is 6.92 Å². The number of ketones is 1. The molecule has 0 amide bonds. The number of imidazole rings is 1. The fourth-order valence-corrected chi connectivity index (χ4v) is 4.03. The number of rotatable bonds is 4. The number of carbonyl (C=O) groups is 1. The van der Waals surface area contributed by atoms with E-state index in [0.29, 0.717) is 4.88 Å². The van der Waals surface area contributed by atoms with Crippen LogP contribution in [0.4, 0.5) is 5.13 Å². The van der Waals surface area contributed by atoms with Crippen molar-refractivity contribution in [2.24, 2.45) is 7.05 Å². The smallest absolute Gasteiger partial charge is 0.284 e. The lowest BCUT2D eigenvalue weighted by Crippen LogP contribution is -2.14. The third-order valence-corrected chi connectivity index (χ3v) is 5.28. The molecule has 2 heterocycles. The van der Waals surface area contributed by atoms with Gasteiger partial charge in [-0.25, -0.2) is 9.97 Å². The third kappa shape index (κ3) is 2.69. The van der Waals surface area contributed by atoms with Crippen LogP contribution >= 0.6 is 22.9 Å². The van der Waals surface area contributed by atoms with E-state index in [1.807, 2.05) is 0 Å². The van der Waals surface area contributed by atoms with Crippen LogP contribution in [0.15, 0.2) is 11.4 Å². The predicted molar refractivity (Wildman–Crippen MR) is 75.9 cm³/mol. The van der Waals surface area contributed by atoms with E-state index in [1.165, 1.54) is 17.8 Å². The second kappa shape index (κ2) is 5.15. The van der Waals surface area contributed by atoms with Crippen LogP contribution in [-0.2, 0) is 17.1 Å². The van der Waals surface area contributed by atoms with Crippen LogP contribution in [-0.4, -0.2) is 28.7 Å². The monoisotopic (exact) mass is 334 g/mol. The number of Topliss-reactive ketones (excluding diaryl/α,β-unsaturated/α-hetero) is 1. The molecular weight excluding hydrogens is 324 g/mol. The van der Waals surface area contributed by atoms with Crippen molar-refractivity contribution in [3.05, 3.63) is 22.1 Å². The lowest BCUT2D eigenvalue weighted by atomic mass is 10.3. The average molecular weight is 335 g/mol. The van der Waals surface area contributed by atoms with E-state index in [0.717, 1.165) is 11.3 Å². The molecule has 0 saturated heterocycles. The molecule has 10 heteroatoms. The number of halogens is 1. The van der Waals surface area contributed by atoms with E-state index in [9.17, 15) is 13.2 Å². The Kier molecular flexibility index (Phi) is 3.85. The van der Waals surface area contributed by atoms with Gasteiger partial charge in [-0.1, -0.05) is 11.6 Å². The molecule has 0 fully saturated rings. The third-order valence-electron chi connectivity index (χ3n) is 2.44. The molecule has 0 aromatic carbocycles. The number of aromatic nitrogens is 3. The van der Waals surface area contributed by atoms with Gasteiger partial charge >= 0.3 is 0 Å². The first kappa shape index (κ1) is 14.9. The summed E-state index contributed by atoms with van der Waals surface area (Å²) >= 11 is 6.93. The summed E-state index contributed by atoms with van der Waals surface area (Å²) in [6.07, 6.45) is 1.30. The topological polar surface area (TPSA) is 93.9 Å². The van der Waals surface area contributed by atoms with Crippen LogP contribution in [0.25, 0.3) is 0 Å². The number of carbonyl (C=O) groups excluding carboxylic acids is 1. The van der Waals surface area contributed by atoms with Crippen LogP contribution in [0.1, 0.15) is 22.3 Å². The van der Waals surface area contributed by atoms with E-state index in [4.69, 9.17) is 11.6 Å². The molecule has 0 aliphatic heterocycles. The Hall–Kier alpha value is -1.45. The Bertz CT molecular complexity index is 779. The quantitative estimate of drug-likeness (QED) is 0.861. The summed E-state index contributed by atoms with van der Waals surface area (Å²) in [7, 11) is -2.35. The van der Waals surface area contributed by atoms with E-state index in [1.54, 1.807) is 14.0 Å². The van der Waals surface area contributed by atoms with Gasteiger partial charge in [0.05, 0.1) is 6.33 Å². The van der Waals surface area contributed by atoms with Gasteiger partial charge in [-0.15, -0.1) is 11.3 Å². The molecule has 0 aliphatic carbocycles. The molecule has 2 aromatic rings. The van der Waals surface area contributed by atoms with Crippen molar-refractivity contribution in [1.29, 1.82) is 0 Å². The second-order valence-electron chi connectivity index (χ2n) is 4.04. The molecule has 2 aromatic heterocycles. The summed E-state index contributed by atoms with van der Waals surface area (Å²) in [5.74, 6) is -0.222. The van der Waals surface area contributed by atoms with Crippen molar-refractivity contribution in [3.8, 4) is 0 Å². The zero-order valence-corrected chi connectivity index (χ0v) is 13.2. The molecule has 0 spiro atoms. The Balaban J connectivity index is 2.36. The molecule has 1 N–H and O–H groups in total. The first-order chi connectivity index (χ1) is 9.22. The van der Waals surface area contributed by atoms with Crippen molar-refractivity contribution >= 4 is 43.9 Å². The van der Waals surface area contributed by atoms with Gasteiger partial charge in [0.2, 0.25) is 5.03 Å². The van der Waals surface area contributed by atoms with Gasteiger partial charge in [-0.2, -0.15) is 8.42 Å². The molecule has 20 heavy (non-hydrogen) atoms. The van der Waals surface area contributed by atoms with Crippen LogP contribution in [0.3, 0.4) is 0 Å². The number of hydrogen-bond acceptors (Lipinski definition) is 6. The van der Waals surface area contributed by atoms with Gasteiger partial charge in [0.1, 0.15) is 10.8 Å². The summed E-state index contributed by atoms with van der Waals surface area (Å²) in [6.45, 7) is 3.07. The Morgan fingerprint density at radius 2 is 2.15 bits per heavy atom. The van der Waals surface area contributed by atoms with Crippen molar-refractivity contribution in [2.75, 3.05) is 4.72 Å². The molecule has 0 unspecified atom stereocenters. The average Bonchev–Trinajstić information content (AvgIpc) is 2.83. The molecule has 7 nitrogen and oxygen atoms in total. The standard InChI is InChI=1S/C10H11ClN4O3S2/c1-5(16)7-6(2)19-10(13-7)14-20(17,18)9-8(11)15(3)4-12-9/h4H,1-3H3,(H,13,14). The highest BCUT2D eigenvalue weighted by Crippen LogP contribution is 2.26. The van der Waals surface area contributed by atoms with Gasteiger partial charge in [-0.05, 0) is 6.92 Å². The lowest BCUT2D eigenvalue weighted by Gasteiger charge is -2.02. The van der Waals surface area contributed by atoms with Gasteiger partial charge in [0, 0.05) is 18.8 Å². The summed E-state index contributed by atoms with van der Waals surface area (Å²) < 4.78 is 27.9. The largest absolute Gasteiger partial charge is 0.324 e. The van der Waals surface area contributed by atoms with Gasteiger partial charge < -0.3 is 4.57 Å². The number of thiazole rings is 1. The number of aryl methyl sites for hydroxylation is 2. The zero-order chi connectivity index (χ0) is 15.1. The highest BCUT2D eigenvalue weighted by atomic mass is 35.5. The summed E-state index contributed by atoms with van der Waals surface area (Å²) in [5.41, 5.74) is 0.250. The number of hydrogen-bond donors (Lipinski definition) is 1. The minimum absolute atomic E-state index is 0.00225. The van der Waals surface area contributed by atoms with E-state index in [-0.39, 0.29) is 26.8 Å². The summed E-state index contributed by atoms with van der Waals surface area (Å²) in [5, 5.41) is -0.175. The number of nitrogens with zero attached hydrogens (tertiary/aromatic N) is 3. The van der Waals surface area contributed by atoms with Crippen LogP contribution < -0.4 is 4.72 Å². The van der Waals surface area contributed by atoms with E-state index in [2.05, 4.69) is 14.7 Å². The van der Waals surface area contributed by atoms with Crippen molar-refractivity contribution in [1.82, 2.24) is 14.5 Å². The number of nitrogens with one attached hydrogen (secondary N) is 1.